The third-order valence-corrected chi connectivity index (χ3v) is 20.9. The van der Waals surface area contributed by atoms with Crippen molar-refractivity contribution < 1.29 is 80.2 Å². The van der Waals surface area contributed by atoms with Crippen LogP contribution in [0.15, 0.2) is 0 Å². The highest BCUT2D eigenvalue weighted by atomic mass is 31.2. The van der Waals surface area contributed by atoms with Gasteiger partial charge in [-0.25, -0.2) is 9.13 Å². The van der Waals surface area contributed by atoms with Crippen molar-refractivity contribution in [1.82, 2.24) is 0 Å². The highest BCUT2D eigenvalue weighted by Crippen LogP contribution is 2.45. The standard InChI is InChI=1S/C81H158O17P2/c1-6-9-12-15-18-21-24-26-28-30-31-32-33-35-37-41-46-51-56-61-66-80(85)97-77(71-92-79(84)65-60-55-50-45-40-36-34-29-27-25-22-19-16-13-10-7-2)73-96-100(89,90)94-69-75(82)68-93-99(87,88)95-72-76(70-91-78(83)64-59-54-49-44-23-20-17-14-11-8-3)98-81(86)67-62-57-52-47-42-38-39-43-48-53-58-63-74(4)5/h74-77,82H,6-73H2,1-5H3,(H,87,88)(H,89,90)/t75-,76+,77+/m0/s1. The predicted octanol–water partition coefficient (Wildman–Crippen LogP) is 24.4. The highest BCUT2D eigenvalue weighted by molar-refractivity contribution is 7.47. The SMILES string of the molecule is CCCCCCCCCCCCCCCCCCCCCCC(=O)O[C@H](COC(=O)CCCCCCCCCCCCCCCCCC)COP(=O)(O)OC[C@@H](O)COP(=O)(O)OC[C@@H](COC(=O)CCCCCCCCCCCC)OC(=O)CCCCCCCCCCCCCC(C)C. The van der Waals surface area contributed by atoms with Gasteiger partial charge in [0, 0.05) is 25.7 Å². The van der Waals surface area contributed by atoms with Crippen LogP contribution in [0.2, 0.25) is 0 Å². The third-order valence-electron chi connectivity index (χ3n) is 19.0. The molecule has 594 valence electrons. The lowest BCUT2D eigenvalue weighted by molar-refractivity contribution is -0.161. The molecule has 17 nitrogen and oxygen atoms in total. The van der Waals surface area contributed by atoms with Crippen molar-refractivity contribution in [3.8, 4) is 0 Å². The van der Waals surface area contributed by atoms with Crippen molar-refractivity contribution >= 4 is 39.5 Å². The number of aliphatic hydroxyl groups is 1. The van der Waals surface area contributed by atoms with Crippen molar-refractivity contribution in [2.75, 3.05) is 39.6 Å². The second-order valence-corrected chi connectivity index (χ2v) is 32.5. The van der Waals surface area contributed by atoms with E-state index in [-0.39, 0.29) is 25.7 Å². The molecule has 0 bridgehead atoms. The van der Waals surface area contributed by atoms with E-state index in [4.69, 9.17) is 37.0 Å². The Hall–Kier alpha value is -1.94. The molecule has 0 amide bonds. The van der Waals surface area contributed by atoms with E-state index >= 15 is 0 Å². The lowest BCUT2D eigenvalue weighted by Crippen LogP contribution is -2.30. The Balaban J connectivity index is 5.23. The van der Waals surface area contributed by atoms with Gasteiger partial charge in [0.05, 0.1) is 26.4 Å². The normalized spacial score (nSPS) is 13.8. The number of ether oxygens (including phenoxy) is 4. The monoisotopic (exact) mass is 1470 g/mol. The predicted molar refractivity (Wildman–Crippen MR) is 409 cm³/mol. The minimum atomic E-state index is -4.96. The molecule has 0 heterocycles. The molecule has 0 aliphatic carbocycles. The summed E-state index contributed by atoms with van der Waals surface area (Å²) in [6, 6.07) is 0. The Labute approximate surface area is 613 Å². The van der Waals surface area contributed by atoms with Gasteiger partial charge in [0.15, 0.2) is 12.2 Å². The molecule has 0 radical (unpaired) electrons. The number of hydrogen-bond acceptors (Lipinski definition) is 15. The molecule has 0 aromatic carbocycles. The first kappa shape index (κ1) is 98.1. The fourth-order valence-corrected chi connectivity index (χ4v) is 14.2. The van der Waals surface area contributed by atoms with Gasteiger partial charge in [-0.3, -0.25) is 37.3 Å². The summed E-state index contributed by atoms with van der Waals surface area (Å²) in [4.78, 5) is 73.0. The van der Waals surface area contributed by atoms with E-state index in [0.717, 1.165) is 95.8 Å². The minimum Gasteiger partial charge on any atom is -0.462 e. The number of phosphoric ester groups is 2. The molecule has 0 aliphatic heterocycles. The van der Waals surface area contributed by atoms with Crippen LogP contribution in [0.25, 0.3) is 0 Å². The fourth-order valence-electron chi connectivity index (χ4n) is 12.6. The molecule has 5 atom stereocenters. The van der Waals surface area contributed by atoms with E-state index in [1.165, 1.54) is 257 Å². The van der Waals surface area contributed by atoms with E-state index in [2.05, 4.69) is 34.6 Å². The van der Waals surface area contributed by atoms with Crippen molar-refractivity contribution in [2.45, 2.75) is 451 Å². The van der Waals surface area contributed by atoms with E-state index in [9.17, 15) is 43.2 Å². The molecule has 3 N–H and O–H groups in total. The quantitative estimate of drug-likeness (QED) is 0.0222. The first-order chi connectivity index (χ1) is 48.5. The van der Waals surface area contributed by atoms with Gasteiger partial charge in [0.1, 0.15) is 19.3 Å². The molecular formula is C81H158O17P2. The zero-order valence-corrected chi connectivity index (χ0v) is 67.1. The number of aliphatic hydroxyl groups excluding tert-OH is 1. The van der Waals surface area contributed by atoms with E-state index in [1.807, 2.05) is 0 Å². The van der Waals surface area contributed by atoms with Gasteiger partial charge in [0.25, 0.3) is 0 Å². The van der Waals surface area contributed by atoms with Gasteiger partial charge >= 0.3 is 39.5 Å². The summed E-state index contributed by atoms with van der Waals surface area (Å²) in [5.41, 5.74) is 0. The summed E-state index contributed by atoms with van der Waals surface area (Å²) in [5.74, 6) is -1.34. The van der Waals surface area contributed by atoms with Crippen LogP contribution in [0.4, 0.5) is 0 Å². The second-order valence-electron chi connectivity index (χ2n) is 29.6. The van der Waals surface area contributed by atoms with Crippen LogP contribution in [0, 0.1) is 5.92 Å². The van der Waals surface area contributed by atoms with Crippen LogP contribution in [0.3, 0.4) is 0 Å². The number of carbonyl (C=O) groups excluding carboxylic acids is 4. The Morgan fingerprint density at radius 3 is 0.680 bits per heavy atom. The molecule has 0 rings (SSSR count). The molecule has 0 aromatic heterocycles. The first-order valence-electron chi connectivity index (χ1n) is 42.1. The van der Waals surface area contributed by atoms with Crippen LogP contribution in [0.5, 0.6) is 0 Å². The van der Waals surface area contributed by atoms with Crippen LogP contribution < -0.4 is 0 Å². The second kappa shape index (κ2) is 73.9. The first-order valence-corrected chi connectivity index (χ1v) is 45.1. The number of hydrogen-bond donors (Lipinski definition) is 3. The van der Waals surface area contributed by atoms with Crippen molar-refractivity contribution in [2.24, 2.45) is 5.92 Å². The maximum absolute atomic E-state index is 13.1. The summed E-state index contributed by atoms with van der Waals surface area (Å²) in [5, 5.41) is 10.6. The highest BCUT2D eigenvalue weighted by Gasteiger charge is 2.30. The van der Waals surface area contributed by atoms with Gasteiger partial charge in [-0.15, -0.1) is 0 Å². The molecule has 2 unspecified atom stereocenters. The molecule has 0 saturated carbocycles. The average Bonchev–Trinajstić information content (AvgIpc) is 0.935. The van der Waals surface area contributed by atoms with Gasteiger partial charge in [-0.2, -0.15) is 0 Å². The van der Waals surface area contributed by atoms with Crippen molar-refractivity contribution in [3.05, 3.63) is 0 Å². The maximum atomic E-state index is 13.1. The number of phosphoric acid groups is 2. The number of unbranched alkanes of at least 4 members (excludes halogenated alkanes) is 53. The van der Waals surface area contributed by atoms with Gasteiger partial charge in [-0.1, -0.05) is 381 Å². The maximum Gasteiger partial charge on any atom is 0.472 e. The van der Waals surface area contributed by atoms with E-state index in [1.54, 1.807) is 0 Å². The number of carbonyl (C=O) groups is 4. The fraction of sp³-hybridized carbons (Fsp3) is 0.951. The third kappa shape index (κ3) is 74.3. The number of esters is 4. The molecule has 100 heavy (non-hydrogen) atoms. The summed E-state index contributed by atoms with van der Waals surface area (Å²) >= 11 is 0. The largest absolute Gasteiger partial charge is 0.472 e. The van der Waals surface area contributed by atoms with Crippen molar-refractivity contribution in [1.29, 1.82) is 0 Å². The molecule has 0 saturated heterocycles. The average molecular weight is 1470 g/mol. The molecule has 0 fully saturated rings. The van der Waals surface area contributed by atoms with Crippen molar-refractivity contribution in [3.63, 3.8) is 0 Å². The number of rotatable bonds is 81. The summed E-state index contributed by atoms with van der Waals surface area (Å²) in [7, 11) is -9.92. The Bertz CT molecular complexity index is 1910. The van der Waals surface area contributed by atoms with Crippen LogP contribution in [0.1, 0.15) is 433 Å². The minimum absolute atomic E-state index is 0.107. The molecule has 0 spiro atoms. The van der Waals surface area contributed by atoms with E-state index < -0.39 is 97.5 Å². The summed E-state index contributed by atoms with van der Waals surface area (Å²) < 4.78 is 68.7. The van der Waals surface area contributed by atoms with Gasteiger partial charge < -0.3 is 33.8 Å². The summed E-state index contributed by atoms with van der Waals surface area (Å²) in [6.45, 7) is 7.32. The summed E-state index contributed by atoms with van der Waals surface area (Å²) in [6.07, 6.45) is 65.2. The van der Waals surface area contributed by atoms with Gasteiger partial charge in [0.2, 0.25) is 0 Å². The lowest BCUT2D eigenvalue weighted by atomic mass is 10.0. The smallest absolute Gasteiger partial charge is 0.462 e. The molecule has 0 aliphatic rings. The Morgan fingerprint density at radius 1 is 0.270 bits per heavy atom. The molecular weight excluding hydrogens is 1310 g/mol. The molecule has 0 aromatic rings. The Morgan fingerprint density at radius 2 is 0.460 bits per heavy atom. The van der Waals surface area contributed by atoms with Crippen LogP contribution >= 0.6 is 15.6 Å². The van der Waals surface area contributed by atoms with E-state index in [0.29, 0.717) is 25.7 Å². The topological polar surface area (TPSA) is 237 Å². The zero-order chi connectivity index (χ0) is 73.4. The zero-order valence-electron chi connectivity index (χ0n) is 65.3. The van der Waals surface area contributed by atoms with Crippen LogP contribution in [-0.4, -0.2) is 96.7 Å². The van der Waals surface area contributed by atoms with Gasteiger partial charge in [-0.05, 0) is 31.6 Å². The molecule has 19 heteroatoms. The van der Waals surface area contributed by atoms with Crippen LogP contribution in [-0.2, 0) is 65.4 Å². The Kier molecular flexibility index (Phi) is 72.5. The lowest BCUT2D eigenvalue weighted by Gasteiger charge is -2.21.